The van der Waals surface area contributed by atoms with Gasteiger partial charge in [-0.3, -0.25) is 58.0 Å². The van der Waals surface area contributed by atoms with Gasteiger partial charge in [0.25, 0.3) is 0 Å². The number of carbonyl (C=O) groups is 12. The number of rotatable bonds is 22. The van der Waals surface area contributed by atoms with Crippen LogP contribution in [0, 0.1) is 11.8 Å². The Morgan fingerprint density at radius 3 is 0.986 bits per heavy atom. The third kappa shape index (κ3) is 22.4. The first kappa shape index (κ1) is 105. The number of hydroxylamine groups is 5. The van der Waals surface area contributed by atoms with Crippen molar-refractivity contribution in [2.45, 2.75) is 201 Å². The normalized spacial score (nSPS) is 24.2. The molecule has 12 aliphatic heterocycles. The Morgan fingerprint density at radius 1 is 0.389 bits per heavy atom. The SMILES string of the molecule is CN=C(NOC(=O)CC1CCNCC1)[C@@H]1c2c(cnn2C)[C@@H]2CN1C(=O)N2C.CN=C(NOC(=O)CCC1CCNCC1)[C@@H]1c2c(cnn2C)[C@@H]2CN1C(=O)N2C.CN=C(NOC(=O)CCCC(=O)O)[C@@H]1c2c(cnn2C)[C@@H]2CN1C(=O)N2C.CN=C(NOC(=O)CCCCC[C@H](N)C(=O)O)[C@@H]1c2c(cnn2C)[C@@H]2CN1C(=O)N2C.CN=C(NOC(=O)NC1CCC(N)CC1)[C@@H]1c2c(cnn2C)[C@@H]2CN1C(=O)N2C. The van der Waals surface area contributed by atoms with Crippen molar-refractivity contribution in [3.63, 3.8) is 0 Å². The first-order valence-electron chi connectivity index (χ1n) is 48.6. The maximum Gasteiger partial charge on any atom is 0.431 e. The summed E-state index contributed by atoms with van der Waals surface area (Å²) < 4.78 is 8.66. The van der Waals surface area contributed by atoms with Crippen molar-refractivity contribution in [2.75, 3.05) is 129 Å². The molecule has 0 unspecified atom stereocenters. The molecule has 0 aromatic carbocycles. The van der Waals surface area contributed by atoms with Crippen molar-refractivity contribution in [3.05, 3.63) is 87.3 Å². The Morgan fingerprint density at radius 2 is 0.681 bits per heavy atom. The minimum absolute atomic E-state index is 0.0203. The molecule has 54 heteroatoms. The lowest BCUT2D eigenvalue weighted by Crippen LogP contribution is -2.47. The monoisotopic (exact) mass is 2010 g/mol. The van der Waals surface area contributed by atoms with E-state index in [1.54, 1.807) is 181 Å². The van der Waals surface area contributed by atoms with E-state index in [-0.39, 0.29) is 110 Å². The average molecular weight is 2010 g/mol. The molecule has 1 saturated carbocycles. The number of piperidine rings is 2. The number of nitrogens with zero attached hydrogens (tertiary/aromatic N) is 25. The predicted octanol–water partition coefficient (Wildman–Crippen LogP) is 2.04. The number of aromatic nitrogens is 10. The van der Waals surface area contributed by atoms with E-state index in [2.05, 4.69) is 93.8 Å². The van der Waals surface area contributed by atoms with Gasteiger partial charge in [-0.25, -0.2) is 75.3 Å². The number of carboxylic acid groups (broad SMARTS) is 2. The molecule has 0 radical (unpaired) electrons. The summed E-state index contributed by atoms with van der Waals surface area (Å²) in [5.74, 6) is -0.915. The number of aliphatic carboxylic acids is 2. The Kier molecular flexibility index (Phi) is 34.0. The second-order valence-electron chi connectivity index (χ2n) is 37.9. The zero-order valence-electron chi connectivity index (χ0n) is 84.0. The van der Waals surface area contributed by atoms with Crippen LogP contribution in [0.3, 0.4) is 0 Å². The van der Waals surface area contributed by atoms with E-state index >= 15 is 0 Å². The van der Waals surface area contributed by atoms with Crippen molar-refractivity contribution >= 4 is 101 Å². The molecule has 8 fully saturated rings. The lowest BCUT2D eigenvalue weighted by Gasteiger charge is -2.32. The van der Waals surface area contributed by atoms with Crippen LogP contribution in [0.4, 0.5) is 28.8 Å². The van der Waals surface area contributed by atoms with Gasteiger partial charge in [-0.05, 0) is 115 Å². The van der Waals surface area contributed by atoms with Crippen molar-refractivity contribution in [3.8, 4) is 0 Å². The molecule has 18 rings (SSSR count). The number of aryl methyl sites for hydroxylation is 5. The third-order valence-electron chi connectivity index (χ3n) is 29.2. The van der Waals surface area contributed by atoms with E-state index < -0.39 is 66.2 Å². The van der Waals surface area contributed by atoms with Gasteiger partial charge in [-0.2, -0.15) is 25.5 Å². The van der Waals surface area contributed by atoms with E-state index in [4.69, 9.17) is 45.9 Å². The largest absolute Gasteiger partial charge is 0.481 e. The lowest BCUT2D eigenvalue weighted by atomic mass is 9.92. The fourth-order valence-corrected chi connectivity index (χ4v) is 21.1. The van der Waals surface area contributed by atoms with Crippen LogP contribution in [-0.2, 0) is 88.2 Å². The van der Waals surface area contributed by atoms with Crippen LogP contribution in [0.25, 0.3) is 0 Å². The highest BCUT2D eigenvalue weighted by Crippen LogP contribution is 2.49. The van der Waals surface area contributed by atoms with Gasteiger partial charge in [0, 0.05) is 204 Å². The number of nitrogens with one attached hydrogen (secondary N) is 8. The van der Waals surface area contributed by atoms with Gasteiger partial charge in [0.2, 0.25) is 0 Å². The number of amides is 11. The zero-order chi connectivity index (χ0) is 104. The average Bonchev–Trinajstić information content (AvgIpc) is 1.60. The fourth-order valence-electron chi connectivity index (χ4n) is 21.1. The summed E-state index contributed by atoms with van der Waals surface area (Å²) in [5.41, 5.74) is 33.8. The van der Waals surface area contributed by atoms with E-state index in [1.807, 2.05) is 21.1 Å². The van der Waals surface area contributed by atoms with Crippen LogP contribution in [0.2, 0.25) is 0 Å². The Bertz CT molecular complexity index is 5700. The Balaban J connectivity index is 0.000000143. The first-order chi connectivity index (χ1) is 69.0. The molecule has 1 aliphatic carbocycles. The molecule has 144 heavy (non-hydrogen) atoms. The minimum Gasteiger partial charge on any atom is -0.481 e. The maximum absolute atomic E-state index is 12.7. The number of amidine groups is 5. The molecule has 5 aromatic heterocycles. The molecule has 13 aliphatic rings. The summed E-state index contributed by atoms with van der Waals surface area (Å²) in [6, 6.07) is -3.87. The molecule has 14 N–H and O–H groups in total. The summed E-state index contributed by atoms with van der Waals surface area (Å²) in [6.45, 7) is 6.54. The molecular formula is C90H135N35O19. The topological polar surface area (TPSA) is 623 Å². The Labute approximate surface area is 831 Å². The summed E-state index contributed by atoms with van der Waals surface area (Å²) in [5, 5.41) is 48.6. The van der Waals surface area contributed by atoms with Crippen LogP contribution in [0.1, 0.15) is 239 Å². The zero-order valence-corrected chi connectivity index (χ0v) is 84.0. The highest BCUT2D eigenvalue weighted by Gasteiger charge is 2.56. The summed E-state index contributed by atoms with van der Waals surface area (Å²) in [6.07, 6.45) is 19.9. The molecular weight excluding hydrogens is 1880 g/mol. The van der Waals surface area contributed by atoms with Gasteiger partial charge in [-0.1, -0.05) is 12.8 Å². The molecule has 54 nitrogen and oxygen atoms in total. The second kappa shape index (κ2) is 46.4. The standard InChI is InChI=1S/C19H29N7O5.C19H29N7O3.C18H28N8O3.C18H27N7O3.C16H22N6O5/c1-21-17(23-31-14(27)8-6-4-5-7-12(20)18(28)29)16-15-11(9-22-25(15)3)13-10-26(16)19(30)24(13)2;1-20-18(23-29-15(27)5-4-12-6-8-21-9-7-12)17-16-13(10-22-25(16)3)14-11-26(17)19(28)24(14)2;1-20-16(23-29-17(27)22-11-6-4-10(19)5-7-11)15-14-12(8-21-25(14)3)13-9-26(15)18(28)24(13)2;1-19-17(22-28-14(26)8-11-4-6-20-7-5-11)16-15-12(9-21-24(15)3)13-10-25(16)18(27)23(13)2;1-17-15(19-27-12(25)6-4-5-11(23)24)14-13-9(7-18-21(13)3)10-8-22(14)16(26)20(10)2/h9,12-13,16H,4-8,10,20H2,1-3H3,(H,21,23)(H,28,29);10,12,14,17,21H,4-9,11H2,1-3H3,(H,20,23);8,10-11,13,15H,4-7,9,19H2,1-3H3,(H,20,23)(H,22,27);9,11,13,16,20H,4-8,10H2,1-3H3,(H,19,22);7,10,14H,4-6,8H2,1-3H3,(H,17,19)(H,23,24)/t12-,13-,16-;14-,17-;10?,11?,13-,15-;13-,16-;10-,14-/m00000/s1. The quantitative estimate of drug-likeness (QED) is 0.0155. The van der Waals surface area contributed by atoms with Crippen molar-refractivity contribution in [2.24, 2.45) is 83.5 Å². The fraction of sp³-hybridized carbons (Fsp3) is 0.644. The van der Waals surface area contributed by atoms with Gasteiger partial charge in [-0.15, -0.1) is 0 Å². The smallest absolute Gasteiger partial charge is 0.431 e. The van der Waals surface area contributed by atoms with Crippen molar-refractivity contribution < 1.29 is 91.9 Å². The number of unbranched alkanes of at least 4 members (excludes halogenated alkanes) is 2. The highest BCUT2D eigenvalue weighted by molar-refractivity contribution is 5.98. The van der Waals surface area contributed by atoms with E-state index in [0.29, 0.717) is 112 Å². The number of fused-ring (bicyclic) bond motifs is 20. The summed E-state index contributed by atoms with van der Waals surface area (Å²) in [4.78, 5) is 210. The molecule has 11 atom stereocenters. The number of urea groups is 5. The van der Waals surface area contributed by atoms with Gasteiger partial charge in [0.15, 0.2) is 29.2 Å². The van der Waals surface area contributed by atoms with Crippen LogP contribution < -0.4 is 54.8 Å². The van der Waals surface area contributed by atoms with Crippen molar-refractivity contribution in [1.82, 2.24) is 141 Å². The molecule has 5 aromatic rings. The number of hydrogen-bond donors (Lipinski definition) is 12. The minimum atomic E-state index is -1.02. The molecule has 10 bridgehead atoms. The van der Waals surface area contributed by atoms with Crippen LogP contribution in [0.15, 0.2) is 55.9 Å². The van der Waals surface area contributed by atoms with Gasteiger partial charge >= 0.3 is 72.1 Å². The van der Waals surface area contributed by atoms with Crippen LogP contribution >= 0.6 is 0 Å². The number of nitrogens with two attached hydrogens (primary N) is 2. The maximum atomic E-state index is 12.7. The summed E-state index contributed by atoms with van der Waals surface area (Å²) >= 11 is 0. The van der Waals surface area contributed by atoms with Crippen LogP contribution in [-0.4, -0.2) is 357 Å². The molecule has 11 amide bonds. The molecule has 7 saturated heterocycles. The van der Waals surface area contributed by atoms with Crippen molar-refractivity contribution in [1.29, 1.82) is 0 Å². The van der Waals surface area contributed by atoms with Gasteiger partial charge in [0.1, 0.15) is 36.3 Å². The Hall–Kier alpha value is -14.3. The lowest BCUT2D eigenvalue weighted by molar-refractivity contribution is -0.150. The van der Waals surface area contributed by atoms with E-state index in [9.17, 15) is 57.5 Å². The number of likely N-dealkylation sites (N-methyl/N-ethyl adjacent to an activating group) is 5. The third-order valence-corrected chi connectivity index (χ3v) is 29.2. The molecule has 17 heterocycles. The number of hydrogen-bond acceptors (Lipinski definition) is 31. The van der Waals surface area contributed by atoms with E-state index in [1.165, 1.54) is 7.05 Å². The number of carbonyl (C=O) groups excluding carboxylic acids is 10. The number of carboxylic acids is 2. The van der Waals surface area contributed by atoms with Crippen LogP contribution in [0.5, 0.6) is 0 Å². The molecule has 0 spiro atoms. The summed E-state index contributed by atoms with van der Waals surface area (Å²) in [7, 11) is 25.9. The van der Waals surface area contributed by atoms with Gasteiger partial charge < -0.3 is 111 Å². The second-order valence-corrected chi connectivity index (χ2v) is 37.9. The molecule has 784 valence electrons. The predicted molar refractivity (Wildman–Crippen MR) is 515 cm³/mol. The first-order valence-corrected chi connectivity index (χ1v) is 48.6. The van der Waals surface area contributed by atoms with Gasteiger partial charge in [0.05, 0.1) is 96.1 Å². The number of aliphatic imine (C=N–C) groups is 5. The highest BCUT2D eigenvalue weighted by atomic mass is 16.7. The van der Waals surface area contributed by atoms with E-state index in [0.717, 1.165) is 140 Å².